The summed E-state index contributed by atoms with van der Waals surface area (Å²) in [5.41, 5.74) is 2.22. The minimum absolute atomic E-state index is 0. The Morgan fingerprint density at radius 1 is 1.18 bits per heavy atom. The molecule has 0 aliphatic rings. The Morgan fingerprint density at radius 2 is 1.86 bits per heavy atom. The minimum atomic E-state index is -4.63. The summed E-state index contributed by atoms with van der Waals surface area (Å²) in [6.45, 7) is 0.422. The van der Waals surface area contributed by atoms with E-state index in [0.29, 0.717) is 18.8 Å². The second-order valence-corrected chi connectivity index (χ2v) is 7.47. The number of fused-ring (bicyclic) bond motifs is 1. The molecule has 0 bridgehead atoms. The zero-order valence-corrected chi connectivity index (χ0v) is 18.4. The first kappa shape index (κ1) is 22.4. The van der Waals surface area contributed by atoms with Crippen molar-refractivity contribution in [3.63, 3.8) is 0 Å². The van der Waals surface area contributed by atoms with Crippen molar-refractivity contribution in [1.29, 1.82) is 0 Å². The van der Waals surface area contributed by atoms with Crippen molar-refractivity contribution < 1.29 is 58.2 Å². The van der Waals surface area contributed by atoms with Gasteiger partial charge in [0.1, 0.15) is 5.75 Å². The van der Waals surface area contributed by atoms with Crippen LogP contribution in [-0.2, 0) is 26.1 Å². The molecule has 0 saturated carbocycles. The van der Waals surface area contributed by atoms with Gasteiger partial charge in [-0.1, -0.05) is 30.3 Å². The number of hydrogen-bond acceptors (Lipinski definition) is 5. The Bertz CT molecular complexity index is 1020. The van der Waals surface area contributed by atoms with Crippen LogP contribution in [0.15, 0.2) is 54.6 Å². The molecule has 0 saturated heterocycles. The van der Waals surface area contributed by atoms with Gasteiger partial charge in [-0.25, -0.2) is 0 Å². The van der Waals surface area contributed by atoms with Gasteiger partial charge >= 0.3 is 35.5 Å². The number of H-pyrrole nitrogens is 1. The second-order valence-electron chi connectivity index (χ2n) is 5.97. The normalized spacial score (nSPS) is 12.2. The molecule has 0 radical (unpaired) electrons. The van der Waals surface area contributed by atoms with Gasteiger partial charge in [0, 0.05) is 17.6 Å². The van der Waals surface area contributed by atoms with Gasteiger partial charge in [-0.3, -0.25) is 9.35 Å². The summed E-state index contributed by atoms with van der Waals surface area (Å²) in [5.74, 6) is -0.529. The summed E-state index contributed by atoms with van der Waals surface area (Å²) in [4.78, 5) is 15.0. The SMILES string of the molecule is COC(=O)C(c1ccc(OCCc2cc3ccccc3[nH]2)cc1)S(=O)(=O)O.[H-].[Na+]. The third-order valence-electron chi connectivity index (χ3n) is 4.12. The molecule has 1 heterocycles. The van der Waals surface area contributed by atoms with E-state index in [-0.39, 0.29) is 36.5 Å². The molecule has 0 amide bonds. The number of para-hydroxylation sites is 1. The van der Waals surface area contributed by atoms with Crippen LogP contribution in [-0.4, -0.2) is 37.6 Å². The maximum absolute atomic E-state index is 11.7. The van der Waals surface area contributed by atoms with E-state index in [1.54, 1.807) is 12.1 Å². The van der Waals surface area contributed by atoms with Gasteiger partial charge < -0.3 is 15.9 Å². The summed E-state index contributed by atoms with van der Waals surface area (Å²) in [6, 6.07) is 16.0. The third kappa shape index (κ3) is 5.36. The van der Waals surface area contributed by atoms with Crippen molar-refractivity contribution >= 4 is 27.0 Å². The largest absolute Gasteiger partial charge is 1.00 e. The van der Waals surface area contributed by atoms with Gasteiger partial charge in [-0.05, 0) is 35.2 Å². The topological polar surface area (TPSA) is 106 Å². The number of aromatic nitrogens is 1. The van der Waals surface area contributed by atoms with Crippen molar-refractivity contribution in [1.82, 2.24) is 4.98 Å². The van der Waals surface area contributed by atoms with Crippen molar-refractivity contribution in [3.05, 3.63) is 65.9 Å². The Balaban J connectivity index is 0.00000210. The van der Waals surface area contributed by atoms with Gasteiger partial charge in [0.2, 0.25) is 5.25 Å². The maximum Gasteiger partial charge on any atom is 1.00 e. The van der Waals surface area contributed by atoms with Crippen LogP contribution in [0.3, 0.4) is 0 Å². The Hall–Kier alpha value is -1.84. The van der Waals surface area contributed by atoms with E-state index >= 15 is 0 Å². The molecule has 1 unspecified atom stereocenters. The molecule has 28 heavy (non-hydrogen) atoms. The number of aromatic amines is 1. The van der Waals surface area contributed by atoms with Crippen LogP contribution in [0.1, 0.15) is 17.9 Å². The van der Waals surface area contributed by atoms with Crippen LogP contribution >= 0.6 is 0 Å². The molecule has 0 spiro atoms. The Labute approximate surface area is 186 Å². The molecule has 0 aliphatic heterocycles. The number of ether oxygens (including phenoxy) is 2. The van der Waals surface area contributed by atoms with E-state index in [1.165, 1.54) is 12.1 Å². The molecule has 0 aliphatic carbocycles. The van der Waals surface area contributed by atoms with E-state index in [4.69, 9.17) is 4.74 Å². The van der Waals surface area contributed by atoms with Crippen molar-refractivity contribution in [2.24, 2.45) is 0 Å². The van der Waals surface area contributed by atoms with Gasteiger partial charge in [-0.2, -0.15) is 8.42 Å². The monoisotopic (exact) mass is 413 g/mol. The predicted octanol–water partition coefficient (Wildman–Crippen LogP) is 0.00780. The fraction of sp³-hybridized carbons (Fsp3) is 0.211. The number of carbonyl (C=O) groups excluding carboxylic acids is 1. The number of methoxy groups -OCH3 is 1. The molecule has 7 nitrogen and oxygen atoms in total. The van der Waals surface area contributed by atoms with Gasteiger partial charge in [0.05, 0.1) is 13.7 Å². The second kappa shape index (κ2) is 9.58. The Kier molecular flexibility index (Phi) is 7.68. The van der Waals surface area contributed by atoms with E-state index in [0.717, 1.165) is 23.7 Å². The molecule has 3 aromatic rings. The van der Waals surface area contributed by atoms with Gasteiger partial charge in [-0.15, -0.1) is 0 Å². The number of esters is 1. The molecule has 2 aromatic carbocycles. The van der Waals surface area contributed by atoms with Crippen LogP contribution in [0.5, 0.6) is 5.75 Å². The van der Waals surface area contributed by atoms with Crippen LogP contribution in [0.4, 0.5) is 0 Å². The standard InChI is InChI=1S/C19H19NO6S.Na.H/c1-25-19(21)18(27(22,23)24)13-6-8-16(9-7-13)26-11-10-15-12-14-4-2-3-5-17(14)20-15;;/h2-9,12,18,20H,10-11H2,1H3,(H,22,23,24);;/q;+1;-1. The first-order valence-electron chi connectivity index (χ1n) is 8.22. The molecular weight excluding hydrogens is 393 g/mol. The van der Waals surface area contributed by atoms with Crippen LogP contribution in [0, 0.1) is 0 Å². The molecule has 144 valence electrons. The smallest absolute Gasteiger partial charge is 1.00 e. The van der Waals surface area contributed by atoms with Crippen molar-refractivity contribution in [2.75, 3.05) is 13.7 Å². The summed E-state index contributed by atoms with van der Waals surface area (Å²) >= 11 is 0. The third-order valence-corrected chi connectivity index (χ3v) is 5.18. The molecule has 3 rings (SSSR count). The maximum atomic E-state index is 11.7. The predicted molar refractivity (Wildman–Crippen MR) is 101 cm³/mol. The molecule has 9 heteroatoms. The zero-order valence-electron chi connectivity index (χ0n) is 16.6. The number of rotatable bonds is 7. The summed E-state index contributed by atoms with van der Waals surface area (Å²) in [5, 5.41) is -0.640. The fourth-order valence-corrected chi connectivity index (χ4v) is 3.66. The minimum Gasteiger partial charge on any atom is -1.00 e. The number of hydrogen-bond donors (Lipinski definition) is 2. The average molecular weight is 413 g/mol. The first-order chi connectivity index (χ1) is 12.9. The Morgan fingerprint density at radius 3 is 2.46 bits per heavy atom. The van der Waals surface area contributed by atoms with E-state index in [9.17, 15) is 17.8 Å². The van der Waals surface area contributed by atoms with Crippen LogP contribution < -0.4 is 34.3 Å². The quantitative estimate of drug-likeness (QED) is 0.321. The van der Waals surface area contributed by atoms with Gasteiger partial charge in [0.25, 0.3) is 10.1 Å². The molecular formula is C19H20NNaO6S. The van der Waals surface area contributed by atoms with Crippen molar-refractivity contribution in [2.45, 2.75) is 11.7 Å². The summed E-state index contributed by atoms with van der Waals surface area (Å²) in [6.07, 6.45) is 0.673. The van der Waals surface area contributed by atoms with Crippen LogP contribution in [0.2, 0.25) is 0 Å². The van der Waals surface area contributed by atoms with Crippen molar-refractivity contribution in [3.8, 4) is 5.75 Å². The summed E-state index contributed by atoms with van der Waals surface area (Å²) in [7, 11) is -3.57. The van der Waals surface area contributed by atoms with E-state index in [1.807, 2.05) is 24.3 Å². The summed E-state index contributed by atoms with van der Waals surface area (Å²) < 4.78 is 42.3. The van der Waals surface area contributed by atoms with Crippen LogP contribution in [0.25, 0.3) is 10.9 Å². The molecule has 2 N–H and O–H groups in total. The zero-order chi connectivity index (χ0) is 19.4. The van der Waals surface area contributed by atoms with E-state index in [2.05, 4.69) is 15.8 Å². The average Bonchev–Trinajstić information content (AvgIpc) is 3.04. The molecule has 1 atom stereocenters. The first-order valence-corrected chi connectivity index (χ1v) is 9.72. The fourth-order valence-electron chi connectivity index (χ4n) is 2.82. The molecule has 1 aromatic heterocycles. The number of nitrogens with one attached hydrogen (secondary N) is 1. The number of benzene rings is 2. The van der Waals surface area contributed by atoms with Gasteiger partial charge in [0.15, 0.2) is 0 Å². The molecule has 0 fully saturated rings. The van der Waals surface area contributed by atoms with E-state index < -0.39 is 21.3 Å². The number of carbonyl (C=O) groups is 1.